The van der Waals surface area contributed by atoms with Gasteiger partial charge in [-0.15, -0.1) is 0 Å². The SMILES string of the molecule is CCOC(=O)C1(C(=O)O)CCC1(C(=O)O)C(=O)O. The minimum atomic E-state index is -2.66. The van der Waals surface area contributed by atoms with Gasteiger partial charge in [0.1, 0.15) is 0 Å². The lowest BCUT2D eigenvalue weighted by Gasteiger charge is -2.48. The number of carboxylic acid groups (broad SMARTS) is 3. The van der Waals surface area contributed by atoms with Gasteiger partial charge < -0.3 is 20.1 Å². The largest absolute Gasteiger partial charge is 0.480 e. The molecule has 1 fully saturated rings. The first kappa shape index (κ1) is 13.9. The molecule has 0 amide bonds. The monoisotopic (exact) mass is 260 g/mol. The predicted molar refractivity (Wildman–Crippen MR) is 53.6 cm³/mol. The highest BCUT2D eigenvalue weighted by Gasteiger charge is 2.78. The zero-order chi connectivity index (χ0) is 14.1. The van der Waals surface area contributed by atoms with E-state index in [1.165, 1.54) is 6.92 Å². The third-order valence-electron chi connectivity index (χ3n) is 3.32. The van der Waals surface area contributed by atoms with Crippen molar-refractivity contribution in [2.75, 3.05) is 6.61 Å². The molecule has 0 radical (unpaired) electrons. The summed E-state index contributed by atoms with van der Waals surface area (Å²) in [5, 5.41) is 27.1. The number of hydrogen-bond donors (Lipinski definition) is 3. The molecule has 1 aliphatic rings. The maximum absolute atomic E-state index is 11.7. The Kier molecular flexibility index (Phi) is 3.32. The lowest BCUT2D eigenvalue weighted by Crippen LogP contribution is -2.68. The lowest BCUT2D eigenvalue weighted by atomic mass is 9.49. The highest BCUT2D eigenvalue weighted by Crippen LogP contribution is 2.58. The van der Waals surface area contributed by atoms with Crippen LogP contribution in [0.4, 0.5) is 0 Å². The standard InChI is InChI=1S/C10H12O8/c1-2-18-8(17)10(7(15)16)4-3-9(10,5(11)12)6(13)14/h2-4H2,1H3,(H,11,12)(H,13,14)(H,15,16). The van der Waals surface area contributed by atoms with E-state index >= 15 is 0 Å². The van der Waals surface area contributed by atoms with Crippen molar-refractivity contribution < 1.29 is 39.2 Å². The highest BCUT2D eigenvalue weighted by molar-refractivity contribution is 6.15. The van der Waals surface area contributed by atoms with Gasteiger partial charge in [0.2, 0.25) is 0 Å². The molecule has 1 rings (SSSR count). The maximum Gasteiger partial charge on any atom is 0.325 e. The van der Waals surface area contributed by atoms with E-state index in [0.29, 0.717) is 0 Å². The second-order valence-electron chi connectivity index (χ2n) is 3.95. The molecule has 8 heteroatoms. The first-order valence-corrected chi connectivity index (χ1v) is 5.14. The summed E-state index contributed by atoms with van der Waals surface area (Å²) < 4.78 is 4.52. The average molecular weight is 260 g/mol. The van der Waals surface area contributed by atoms with Crippen LogP contribution in [0.2, 0.25) is 0 Å². The summed E-state index contributed by atoms with van der Waals surface area (Å²) in [6, 6.07) is 0. The van der Waals surface area contributed by atoms with Gasteiger partial charge >= 0.3 is 23.9 Å². The molecular weight excluding hydrogens is 248 g/mol. The molecule has 1 saturated carbocycles. The smallest absolute Gasteiger partial charge is 0.325 e. The first-order chi connectivity index (χ1) is 8.27. The Morgan fingerprint density at radius 3 is 1.56 bits per heavy atom. The number of carbonyl (C=O) groups excluding carboxylic acids is 1. The Morgan fingerprint density at radius 2 is 1.33 bits per heavy atom. The number of hydrogen-bond acceptors (Lipinski definition) is 5. The number of ether oxygens (including phenoxy) is 1. The number of carbonyl (C=O) groups is 4. The van der Waals surface area contributed by atoms with Crippen molar-refractivity contribution in [1.82, 2.24) is 0 Å². The fraction of sp³-hybridized carbons (Fsp3) is 0.600. The van der Waals surface area contributed by atoms with Crippen molar-refractivity contribution in [3.8, 4) is 0 Å². The minimum Gasteiger partial charge on any atom is -0.480 e. The summed E-state index contributed by atoms with van der Waals surface area (Å²) in [4.78, 5) is 45.1. The Bertz CT molecular complexity index is 412. The molecule has 0 aromatic carbocycles. The molecule has 0 saturated heterocycles. The maximum atomic E-state index is 11.7. The quantitative estimate of drug-likeness (QED) is 0.447. The van der Waals surface area contributed by atoms with E-state index in [1.54, 1.807) is 0 Å². The van der Waals surface area contributed by atoms with Gasteiger partial charge in [0.05, 0.1) is 6.61 Å². The van der Waals surface area contributed by atoms with Crippen molar-refractivity contribution in [2.45, 2.75) is 19.8 Å². The number of carboxylic acids is 3. The van der Waals surface area contributed by atoms with E-state index in [9.17, 15) is 19.2 Å². The Balaban J connectivity index is 3.37. The van der Waals surface area contributed by atoms with Gasteiger partial charge in [-0.05, 0) is 19.8 Å². The molecule has 1 unspecified atom stereocenters. The van der Waals surface area contributed by atoms with Crippen LogP contribution < -0.4 is 0 Å². The van der Waals surface area contributed by atoms with Crippen LogP contribution in [-0.2, 0) is 23.9 Å². The zero-order valence-electron chi connectivity index (χ0n) is 9.50. The van der Waals surface area contributed by atoms with Crippen molar-refractivity contribution in [1.29, 1.82) is 0 Å². The van der Waals surface area contributed by atoms with E-state index < -0.39 is 41.1 Å². The normalized spacial score (nSPS) is 24.7. The van der Waals surface area contributed by atoms with Crippen LogP contribution in [0.3, 0.4) is 0 Å². The van der Waals surface area contributed by atoms with Crippen molar-refractivity contribution >= 4 is 23.9 Å². The van der Waals surface area contributed by atoms with Crippen LogP contribution in [-0.4, -0.2) is 45.8 Å². The Labute approximate surface area is 101 Å². The fourth-order valence-electron chi connectivity index (χ4n) is 2.20. The summed E-state index contributed by atoms with van der Waals surface area (Å²) in [5.41, 5.74) is -5.22. The van der Waals surface area contributed by atoms with Crippen LogP contribution in [0.1, 0.15) is 19.8 Å². The molecule has 0 heterocycles. The third kappa shape index (κ3) is 1.38. The molecule has 3 N–H and O–H groups in total. The predicted octanol–water partition coefficient (Wildman–Crippen LogP) is -0.430. The van der Waals surface area contributed by atoms with Crippen LogP contribution in [0.15, 0.2) is 0 Å². The molecule has 100 valence electrons. The van der Waals surface area contributed by atoms with Crippen LogP contribution in [0.25, 0.3) is 0 Å². The van der Waals surface area contributed by atoms with Gasteiger partial charge in [-0.2, -0.15) is 0 Å². The summed E-state index contributed by atoms with van der Waals surface area (Å²) in [6.45, 7) is 1.25. The molecule has 18 heavy (non-hydrogen) atoms. The topological polar surface area (TPSA) is 138 Å². The fourth-order valence-corrected chi connectivity index (χ4v) is 2.20. The minimum absolute atomic E-state index is 0.164. The molecule has 1 aliphatic carbocycles. The van der Waals surface area contributed by atoms with E-state index in [1.807, 2.05) is 0 Å². The van der Waals surface area contributed by atoms with Gasteiger partial charge in [-0.1, -0.05) is 0 Å². The van der Waals surface area contributed by atoms with Crippen molar-refractivity contribution in [3.63, 3.8) is 0 Å². The molecular formula is C10H12O8. The second kappa shape index (κ2) is 4.28. The summed E-state index contributed by atoms with van der Waals surface area (Å²) in [7, 11) is 0. The third-order valence-corrected chi connectivity index (χ3v) is 3.32. The Morgan fingerprint density at radius 1 is 0.944 bits per heavy atom. The molecule has 0 aliphatic heterocycles. The van der Waals surface area contributed by atoms with Crippen LogP contribution in [0, 0.1) is 10.8 Å². The molecule has 0 aromatic rings. The summed E-state index contributed by atoms with van der Waals surface area (Å²) in [6.07, 6.45) is -0.803. The molecule has 0 bridgehead atoms. The van der Waals surface area contributed by atoms with E-state index in [-0.39, 0.29) is 13.0 Å². The van der Waals surface area contributed by atoms with Crippen molar-refractivity contribution in [3.05, 3.63) is 0 Å². The first-order valence-electron chi connectivity index (χ1n) is 5.14. The number of rotatable bonds is 5. The molecule has 0 spiro atoms. The number of esters is 1. The number of aliphatic carboxylic acids is 3. The van der Waals surface area contributed by atoms with E-state index in [2.05, 4.69) is 4.74 Å². The summed E-state index contributed by atoms with van der Waals surface area (Å²) in [5.74, 6) is -6.82. The second-order valence-corrected chi connectivity index (χ2v) is 3.95. The summed E-state index contributed by atoms with van der Waals surface area (Å²) >= 11 is 0. The van der Waals surface area contributed by atoms with E-state index in [4.69, 9.17) is 15.3 Å². The lowest BCUT2D eigenvalue weighted by molar-refractivity contribution is -0.213. The van der Waals surface area contributed by atoms with Gasteiger partial charge in [0.15, 0.2) is 10.8 Å². The van der Waals surface area contributed by atoms with Crippen LogP contribution >= 0.6 is 0 Å². The van der Waals surface area contributed by atoms with Crippen molar-refractivity contribution in [2.24, 2.45) is 10.8 Å². The van der Waals surface area contributed by atoms with Gasteiger partial charge in [0.25, 0.3) is 0 Å². The molecule has 1 atom stereocenters. The van der Waals surface area contributed by atoms with E-state index in [0.717, 1.165) is 0 Å². The average Bonchev–Trinajstić information content (AvgIpc) is 2.14. The Hall–Kier alpha value is -2.12. The molecule has 0 aromatic heterocycles. The van der Waals surface area contributed by atoms with Gasteiger partial charge in [-0.3, -0.25) is 19.2 Å². The highest BCUT2D eigenvalue weighted by atomic mass is 16.5. The van der Waals surface area contributed by atoms with Crippen LogP contribution in [0.5, 0.6) is 0 Å². The molecule has 8 nitrogen and oxygen atoms in total. The zero-order valence-corrected chi connectivity index (χ0v) is 9.50. The van der Waals surface area contributed by atoms with Gasteiger partial charge in [-0.25, -0.2) is 0 Å². The van der Waals surface area contributed by atoms with Gasteiger partial charge in [0, 0.05) is 0 Å².